The first kappa shape index (κ1) is 10.0. The molecule has 0 aliphatic heterocycles. The summed E-state index contributed by atoms with van der Waals surface area (Å²) >= 11 is 0. The van der Waals surface area contributed by atoms with Crippen LogP contribution in [-0.2, 0) is 0 Å². The van der Waals surface area contributed by atoms with E-state index >= 15 is 0 Å². The van der Waals surface area contributed by atoms with Gasteiger partial charge in [-0.1, -0.05) is 20.8 Å². The SMILES string of the molecule is CC(C)(C)[C@H]1CC[C@H](O)[C@@H](O)C1. The van der Waals surface area contributed by atoms with Crippen molar-refractivity contribution in [3.05, 3.63) is 0 Å². The summed E-state index contributed by atoms with van der Waals surface area (Å²) < 4.78 is 0. The summed E-state index contributed by atoms with van der Waals surface area (Å²) in [6, 6.07) is 0. The van der Waals surface area contributed by atoms with Crippen molar-refractivity contribution in [1.29, 1.82) is 0 Å². The molecule has 0 saturated heterocycles. The lowest BCUT2D eigenvalue weighted by Gasteiger charge is -2.38. The van der Waals surface area contributed by atoms with Crippen LogP contribution in [0.2, 0.25) is 0 Å². The molecule has 0 heterocycles. The van der Waals surface area contributed by atoms with E-state index in [1.54, 1.807) is 0 Å². The van der Waals surface area contributed by atoms with Crippen molar-refractivity contribution in [3.63, 3.8) is 0 Å². The second-order valence-electron chi connectivity index (χ2n) is 5.01. The highest BCUT2D eigenvalue weighted by atomic mass is 16.3. The number of aliphatic hydroxyl groups excluding tert-OH is 2. The summed E-state index contributed by atoms with van der Waals surface area (Å²) in [5, 5.41) is 18.8. The van der Waals surface area contributed by atoms with Crippen LogP contribution in [0.1, 0.15) is 40.0 Å². The van der Waals surface area contributed by atoms with Crippen LogP contribution in [0.5, 0.6) is 0 Å². The minimum Gasteiger partial charge on any atom is -0.390 e. The molecular formula is C10H20O2. The molecule has 0 spiro atoms. The Balaban J connectivity index is 2.51. The van der Waals surface area contributed by atoms with Crippen LogP contribution >= 0.6 is 0 Å². The van der Waals surface area contributed by atoms with Crippen LogP contribution in [0.3, 0.4) is 0 Å². The first-order valence-electron chi connectivity index (χ1n) is 4.77. The minimum atomic E-state index is -0.497. The predicted molar refractivity (Wildman–Crippen MR) is 48.8 cm³/mol. The summed E-state index contributed by atoms with van der Waals surface area (Å²) in [5.74, 6) is 0.552. The van der Waals surface area contributed by atoms with Gasteiger partial charge in [0.1, 0.15) is 0 Å². The van der Waals surface area contributed by atoms with E-state index < -0.39 is 12.2 Å². The third-order valence-electron chi connectivity index (χ3n) is 3.01. The fourth-order valence-electron chi connectivity index (χ4n) is 1.92. The molecule has 2 nitrogen and oxygen atoms in total. The zero-order valence-electron chi connectivity index (χ0n) is 8.25. The Morgan fingerprint density at radius 2 is 1.58 bits per heavy atom. The second-order valence-corrected chi connectivity index (χ2v) is 5.01. The van der Waals surface area contributed by atoms with Gasteiger partial charge in [0.2, 0.25) is 0 Å². The highest BCUT2D eigenvalue weighted by Crippen LogP contribution is 2.37. The van der Waals surface area contributed by atoms with Gasteiger partial charge in [0.15, 0.2) is 0 Å². The molecule has 1 aliphatic carbocycles. The molecule has 1 fully saturated rings. The van der Waals surface area contributed by atoms with Crippen LogP contribution in [0.4, 0.5) is 0 Å². The van der Waals surface area contributed by atoms with E-state index in [9.17, 15) is 10.2 Å². The summed E-state index contributed by atoms with van der Waals surface area (Å²) in [6.45, 7) is 6.59. The van der Waals surface area contributed by atoms with Crippen LogP contribution in [0.25, 0.3) is 0 Å². The normalized spacial score (nSPS) is 38.2. The molecule has 0 aromatic carbocycles. The Kier molecular flexibility index (Phi) is 2.79. The molecule has 1 aliphatic rings. The zero-order valence-corrected chi connectivity index (χ0v) is 8.25. The molecule has 0 aromatic rings. The van der Waals surface area contributed by atoms with Crippen molar-refractivity contribution in [2.24, 2.45) is 11.3 Å². The fraction of sp³-hybridized carbons (Fsp3) is 1.00. The molecule has 0 radical (unpaired) electrons. The summed E-state index contributed by atoms with van der Waals surface area (Å²) in [5.41, 5.74) is 0.265. The third kappa shape index (κ3) is 2.20. The van der Waals surface area contributed by atoms with Gasteiger partial charge >= 0.3 is 0 Å². The van der Waals surface area contributed by atoms with E-state index in [0.717, 1.165) is 19.3 Å². The van der Waals surface area contributed by atoms with Gasteiger partial charge in [-0.3, -0.25) is 0 Å². The lowest BCUT2D eigenvalue weighted by atomic mass is 9.71. The second kappa shape index (κ2) is 3.35. The maximum absolute atomic E-state index is 9.46. The highest BCUT2D eigenvalue weighted by molar-refractivity contribution is 4.85. The van der Waals surface area contributed by atoms with Crippen molar-refractivity contribution in [2.45, 2.75) is 52.2 Å². The van der Waals surface area contributed by atoms with Crippen molar-refractivity contribution < 1.29 is 10.2 Å². The Morgan fingerprint density at radius 1 is 1.00 bits per heavy atom. The molecule has 1 saturated carbocycles. The molecule has 0 amide bonds. The van der Waals surface area contributed by atoms with Crippen LogP contribution in [0.15, 0.2) is 0 Å². The van der Waals surface area contributed by atoms with Gasteiger partial charge in [-0.15, -0.1) is 0 Å². The largest absolute Gasteiger partial charge is 0.390 e. The van der Waals surface area contributed by atoms with Gasteiger partial charge < -0.3 is 10.2 Å². The number of hydrogen-bond acceptors (Lipinski definition) is 2. The summed E-state index contributed by atoms with van der Waals surface area (Å²) in [6.07, 6.45) is 1.57. The Morgan fingerprint density at radius 3 is 2.00 bits per heavy atom. The highest BCUT2D eigenvalue weighted by Gasteiger charge is 2.33. The molecule has 0 aromatic heterocycles. The molecule has 0 bridgehead atoms. The maximum Gasteiger partial charge on any atom is 0.0801 e. The van der Waals surface area contributed by atoms with Crippen molar-refractivity contribution in [2.75, 3.05) is 0 Å². The average Bonchev–Trinajstić information content (AvgIpc) is 1.92. The molecule has 1 rings (SSSR count). The maximum atomic E-state index is 9.46. The first-order chi connectivity index (χ1) is 5.41. The van der Waals surface area contributed by atoms with Crippen molar-refractivity contribution in [3.8, 4) is 0 Å². The van der Waals surface area contributed by atoms with Gasteiger partial charge in [-0.2, -0.15) is 0 Å². The minimum absolute atomic E-state index is 0.265. The molecule has 72 valence electrons. The Labute approximate surface area is 74.6 Å². The number of rotatable bonds is 0. The van der Waals surface area contributed by atoms with E-state index in [0.29, 0.717) is 5.92 Å². The molecular weight excluding hydrogens is 152 g/mol. The van der Waals surface area contributed by atoms with Crippen LogP contribution in [-0.4, -0.2) is 22.4 Å². The standard InChI is InChI=1S/C10H20O2/c1-10(2,3)7-4-5-8(11)9(12)6-7/h7-9,11-12H,4-6H2,1-3H3/t7-,8-,9-/m0/s1. The van der Waals surface area contributed by atoms with Crippen molar-refractivity contribution >= 4 is 0 Å². The van der Waals surface area contributed by atoms with Gasteiger partial charge in [0, 0.05) is 0 Å². The Bertz CT molecular complexity index is 148. The Hall–Kier alpha value is -0.0800. The van der Waals surface area contributed by atoms with E-state index in [1.807, 2.05) is 0 Å². The van der Waals surface area contributed by atoms with E-state index in [2.05, 4.69) is 20.8 Å². The van der Waals surface area contributed by atoms with E-state index in [1.165, 1.54) is 0 Å². The van der Waals surface area contributed by atoms with Crippen LogP contribution < -0.4 is 0 Å². The predicted octanol–water partition coefficient (Wildman–Crippen LogP) is 1.55. The molecule has 2 heteroatoms. The number of hydrogen-bond donors (Lipinski definition) is 2. The van der Waals surface area contributed by atoms with Crippen LogP contribution in [0, 0.1) is 11.3 Å². The average molecular weight is 172 g/mol. The smallest absolute Gasteiger partial charge is 0.0801 e. The lowest BCUT2D eigenvalue weighted by molar-refractivity contribution is -0.0432. The topological polar surface area (TPSA) is 40.5 Å². The fourth-order valence-corrected chi connectivity index (χ4v) is 1.92. The molecule has 3 atom stereocenters. The van der Waals surface area contributed by atoms with Crippen molar-refractivity contribution in [1.82, 2.24) is 0 Å². The lowest BCUT2D eigenvalue weighted by Crippen LogP contribution is -2.37. The van der Waals surface area contributed by atoms with Gasteiger partial charge in [-0.25, -0.2) is 0 Å². The summed E-state index contributed by atoms with van der Waals surface area (Å²) in [4.78, 5) is 0. The molecule has 2 N–H and O–H groups in total. The van der Waals surface area contributed by atoms with Gasteiger partial charge in [-0.05, 0) is 30.6 Å². The van der Waals surface area contributed by atoms with Gasteiger partial charge in [0.25, 0.3) is 0 Å². The quantitative estimate of drug-likeness (QED) is 0.582. The van der Waals surface area contributed by atoms with E-state index in [-0.39, 0.29) is 5.41 Å². The van der Waals surface area contributed by atoms with E-state index in [4.69, 9.17) is 0 Å². The zero-order chi connectivity index (χ0) is 9.35. The monoisotopic (exact) mass is 172 g/mol. The van der Waals surface area contributed by atoms with Gasteiger partial charge in [0.05, 0.1) is 12.2 Å². The first-order valence-corrected chi connectivity index (χ1v) is 4.77. The molecule has 12 heavy (non-hydrogen) atoms. The third-order valence-corrected chi connectivity index (χ3v) is 3.01. The number of aliphatic hydroxyl groups is 2. The summed E-state index contributed by atoms with van der Waals surface area (Å²) in [7, 11) is 0. The molecule has 0 unspecified atom stereocenters.